The van der Waals surface area contributed by atoms with E-state index in [1.54, 1.807) is 4.90 Å². The van der Waals surface area contributed by atoms with Crippen LogP contribution in [-0.4, -0.2) is 46.5 Å². The highest BCUT2D eigenvalue weighted by molar-refractivity contribution is 5.95. The third-order valence-corrected chi connectivity index (χ3v) is 5.38. The molecule has 1 aliphatic carbocycles. The van der Waals surface area contributed by atoms with Gasteiger partial charge in [-0.05, 0) is 70.6 Å². The van der Waals surface area contributed by atoms with Crippen molar-refractivity contribution in [2.24, 2.45) is 0 Å². The molecule has 2 aliphatic rings. The molecule has 0 bridgehead atoms. The molecule has 0 spiro atoms. The number of ether oxygens (including phenoxy) is 1. The summed E-state index contributed by atoms with van der Waals surface area (Å²) in [6.07, 6.45) is 4.43. The zero-order chi connectivity index (χ0) is 20.5. The Morgan fingerprint density at radius 1 is 1.21 bits per heavy atom. The van der Waals surface area contributed by atoms with Crippen LogP contribution >= 0.6 is 0 Å². The first-order chi connectivity index (χ1) is 13.2. The third kappa shape index (κ3) is 4.94. The van der Waals surface area contributed by atoms with Crippen molar-refractivity contribution in [1.29, 1.82) is 0 Å². The van der Waals surface area contributed by atoms with Gasteiger partial charge in [0.2, 0.25) is 0 Å². The molecule has 1 aliphatic heterocycles. The van der Waals surface area contributed by atoms with Crippen LogP contribution in [-0.2, 0) is 16.1 Å². The van der Waals surface area contributed by atoms with Crippen molar-refractivity contribution in [3.05, 3.63) is 46.5 Å². The summed E-state index contributed by atoms with van der Waals surface area (Å²) in [6.45, 7) is 11.3. The van der Waals surface area contributed by atoms with Gasteiger partial charge >= 0.3 is 6.09 Å². The Balaban J connectivity index is 1.72. The van der Waals surface area contributed by atoms with Gasteiger partial charge in [-0.15, -0.1) is 0 Å². The zero-order valence-electron chi connectivity index (χ0n) is 17.7. The maximum absolute atomic E-state index is 13.3. The summed E-state index contributed by atoms with van der Waals surface area (Å²) in [5.74, 6) is 0.0525. The number of carbonyl (C=O) groups excluding carboxylic acids is 2. The van der Waals surface area contributed by atoms with Crippen molar-refractivity contribution >= 4 is 12.0 Å². The van der Waals surface area contributed by atoms with E-state index in [-0.39, 0.29) is 12.0 Å². The summed E-state index contributed by atoms with van der Waals surface area (Å²) in [6, 6.07) is 6.57. The molecule has 152 valence electrons. The Hall–Kier alpha value is -2.30. The maximum atomic E-state index is 13.3. The monoisotopic (exact) mass is 384 g/mol. The summed E-state index contributed by atoms with van der Waals surface area (Å²) in [4.78, 5) is 29.4. The number of carbonyl (C=O) groups is 2. The molecule has 0 radical (unpaired) electrons. The number of benzene rings is 1. The first-order valence-electron chi connectivity index (χ1n) is 10.2. The standard InChI is InChI=1S/C23H32N2O3/c1-16-8-6-9-18(17(16)2)15-25(20-11-12-20)21(26)19-10-7-13-24(14-19)22(27)28-23(3,4)5/h6,8-10,20H,7,11-15H2,1-5H3. The molecule has 1 aromatic rings. The highest BCUT2D eigenvalue weighted by atomic mass is 16.6. The highest BCUT2D eigenvalue weighted by Crippen LogP contribution is 2.31. The SMILES string of the molecule is Cc1cccc(CN(C(=O)C2=CCCN(C(=O)OC(C)(C)C)C2)C2CC2)c1C. The van der Waals surface area contributed by atoms with Gasteiger partial charge < -0.3 is 14.5 Å². The topological polar surface area (TPSA) is 49.9 Å². The minimum absolute atomic E-state index is 0.0525. The molecule has 28 heavy (non-hydrogen) atoms. The van der Waals surface area contributed by atoms with Gasteiger partial charge in [0.15, 0.2) is 0 Å². The van der Waals surface area contributed by atoms with Crippen LogP contribution in [0.3, 0.4) is 0 Å². The van der Waals surface area contributed by atoms with E-state index < -0.39 is 5.60 Å². The molecule has 1 saturated carbocycles. The van der Waals surface area contributed by atoms with Crippen LogP contribution in [0, 0.1) is 13.8 Å². The Labute approximate surface area is 168 Å². The van der Waals surface area contributed by atoms with E-state index in [0.717, 1.165) is 12.8 Å². The van der Waals surface area contributed by atoms with Gasteiger partial charge in [0.05, 0.1) is 6.54 Å². The molecule has 1 fully saturated rings. The molecule has 0 atom stereocenters. The van der Waals surface area contributed by atoms with Gasteiger partial charge in [0.25, 0.3) is 5.91 Å². The van der Waals surface area contributed by atoms with Gasteiger partial charge in [-0.2, -0.15) is 0 Å². The van der Waals surface area contributed by atoms with E-state index in [0.29, 0.717) is 37.7 Å². The van der Waals surface area contributed by atoms with Crippen LogP contribution in [0.5, 0.6) is 0 Å². The van der Waals surface area contributed by atoms with Gasteiger partial charge in [-0.1, -0.05) is 24.3 Å². The Kier molecular flexibility index (Phi) is 5.82. The van der Waals surface area contributed by atoms with Crippen molar-refractivity contribution in [2.75, 3.05) is 13.1 Å². The molecule has 0 unspecified atom stereocenters. The molecule has 0 N–H and O–H groups in total. The lowest BCUT2D eigenvalue weighted by atomic mass is 10.0. The van der Waals surface area contributed by atoms with Crippen LogP contribution < -0.4 is 0 Å². The first-order valence-corrected chi connectivity index (χ1v) is 10.2. The number of hydrogen-bond donors (Lipinski definition) is 0. The fourth-order valence-electron chi connectivity index (χ4n) is 3.49. The van der Waals surface area contributed by atoms with E-state index in [4.69, 9.17) is 4.74 Å². The van der Waals surface area contributed by atoms with E-state index in [2.05, 4.69) is 32.0 Å². The fraction of sp³-hybridized carbons (Fsp3) is 0.565. The van der Waals surface area contributed by atoms with E-state index >= 15 is 0 Å². The molecule has 1 aromatic carbocycles. The maximum Gasteiger partial charge on any atom is 0.410 e. The molecule has 0 aromatic heterocycles. The Morgan fingerprint density at radius 2 is 1.93 bits per heavy atom. The summed E-state index contributed by atoms with van der Waals surface area (Å²) in [5, 5.41) is 0. The molecule has 5 heteroatoms. The average Bonchev–Trinajstić information content (AvgIpc) is 3.46. The van der Waals surface area contributed by atoms with Crippen molar-refractivity contribution < 1.29 is 14.3 Å². The number of nitrogens with zero attached hydrogens (tertiary/aromatic N) is 2. The van der Waals surface area contributed by atoms with Crippen LogP contribution in [0.15, 0.2) is 29.8 Å². The Morgan fingerprint density at radius 3 is 2.57 bits per heavy atom. The molecule has 2 amide bonds. The van der Waals surface area contributed by atoms with Crippen LogP contribution in [0.25, 0.3) is 0 Å². The molecule has 0 saturated heterocycles. The van der Waals surface area contributed by atoms with Gasteiger partial charge in [0, 0.05) is 24.7 Å². The Bertz CT molecular complexity index is 788. The number of aryl methyl sites for hydroxylation is 1. The van der Waals surface area contributed by atoms with Gasteiger partial charge in [0.1, 0.15) is 5.60 Å². The smallest absolute Gasteiger partial charge is 0.410 e. The van der Waals surface area contributed by atoms with E-state index in [1.807, 2.05) is 31.7 Å². The second kappa shape index (κ2) is 7.98. The molecule has 1 heterocycles. The number of rotatable bonds is 4. The van der Waals surface area contributed by atoms with Crippen LogP contribution in [0.4, 0.5) is 4.79 Å². The predicted molar refractivity (Wildman–Crippen MR) is 110 cm³/mol. The lowest BCUT2D eigenvalue weighted by Crippen LogP contribution is -2.43. The minimum atomic E-state index is -0.537. The third-order valence-electron chi connectivity index (χ3n) is 5.38. The average molecular weight is 385 g/mol. The van der Waals surface area contributed by atoms with E-state index in [9.17, 15) is 9.59 Å². The normalized spacial score (nSPS) is 17.2. The summed E-state index contributed by atoms with van der Waals surface area (Å²) >= 11 is 0. The van der Waals surface area contributed by atoms with Crippen molar-refractivity contribution in [1.82, 2.24) is 9.80 Å². The second-order valence-corrected chi connectivity index (χ2v) is 8.94. The lowest BCUT2D eigenvalue weighted by molar-refractivity contribution is -0.128. The van der Waals surface area contributed by atoms with Crippen molar-refractivity contribution in [3.63, 3.8) is 0 Å². The minimum Gasteiger partial charge on any atom is -0.444 e. The molecule has 3 rings (SSSR count). The molecular weight excluding hydrogens is 352 g/mol. The fourth-order valence-corrected chi connectivity index (χ4v) is 3.49. The number of hydrogen-bond acceptors (Lipinski definition) is 3. The largest absolute Gasteiger partial charge is 0.444 e. The first kappa shape index (κ1) is 20.4. The van der Waals surface area contributed by atoms with Gasteiger partial charge in [-0.25, -0.2) is 4.79 Å². The van der Waals surface area contributed by atoms with E-state index in [1.165, 1.54) is 16.7 Å². The lowest BCUT2D eigenvalue weighted by Gasteiger charge is -2.32. The molecular formula is C23H32N2O3. The quantitative estimate of drug-likeness (QED) is 0.775. The van der Waals surface area contributed by atoms with Gasteiger partial charge in [-0.3, -0.25) is 4.79 Å². The highest BCUT2D eigenvalue weighted by Gasteiger charge is 2.36. The van der Waals surface area contributed by atoms with Crippen molar-refractivity contribution in [3.8, 4) is 0 Å². The summed E-state index contributed by atoms with van der Waals surface area (Å²) < 4.78 is 5.48. The van der Waals surface area contributed by atoms with Crippen LogP contribution in [0.2, 0.25) is 0 Å². The van der Waals surface area contributed by atoms with Crippen molar-refractivity contribution in [2.45, 2.75) is 72.1 Å². The summed E-state index contributed by atoms with van der Waals surface area (Å²) in [7, 11) is 0. The summed E-state index contributed by atoms with van der Waals surface area (Å²) in [5.41, 5.74) is 3.85. The number of amides is 2. The predicted octanol–water partition coefficient (Wildman–Crippen LogP) is 4.36. The van der Waals surface area contributed by atoms with Crippen LogP contribution in [0.1, 0.15) is 56.7 Å². The second-order valence-electron chi connectivity index (χ2n) is 8.94. The zero-order valence-corrected chi connectivity index (χ0v) is 17.7. The molecule has 5 nitrogen and oxygen atoms in total.